The van der Waals surface area contributed by atoms with Crippen LogP contribution in [0.3, 0.4) is 0 Å². The highest BCUT2D eigenvalue weighted by Crippen LogP contribution is 2.25. The molecule has 6 nitrogen and oxygen atoms in total. The molecule has 106 valence electrons. The highest BCUT2D eigenvalue weighted by Gasteiger charge is 2.27. The van der Waals surface area contributed by atoms with Crippen molar-refractivity contribution >= 4 is 15.7 Å². The normalized spacial score (nSPS) is 12.5. The molecule has 0 bridgehead atoms. The molecule has 0 aliphatic carbocycles. The van der Waals surface area contributed by atoms with E-state index in [1.807, 2.05) is 0 Å². The maximum absolute atomic E-state index is 13.4. The third-order valence-corrected chi connectivity index (χ3v) is 4.07. The van der Waals surface area contributed by atoms with Crippen LogP contribution < -0.4 is 4.72 Å². The third-order valence-electron chi connectivity index (χ3n) is 2.17. The second-order valence-electron chi connectivity index (χ2n) is 5.18. The number of nitro benzene ring substituents is 1. The predicted octanol–water partition coefficient (Wildman–Crippen LogP) is 2.12. The van der Waals surface area contributed by atoms with Crippen LogP contribution in [0.25, 0.3) is 0 Å². The monoisotopic (exact) mass is 290 g/mol. The molecule has 0 saturated heterocycles. The minimum atomic E-state index is -3.94. The number of hydrogen-bond donors (Lipinski definition) is 1. The van der Waals surface area contributed by atoms with Crippen molar-refractivity contribution in [2.24, 2.45) is 0 Å². The Bertz CT molecular complexity index is 620. The lowest BCUT2D eigenvalue weighted by atomic mass is 10.1. The zero-order chi connectivity index (χ0) is 15.0. The number of hydrogen-bond acceptors (Lipinski definition) is 4. The van der Waals surface area contributed by atoms with Crippen molar-refractivity contribution in [2.75, 3.05) is 0 Å². The molecule has 8 heteroatoms. The molecule has 1 rings (SSSR count). The number of rotatable bonds is 3. The molecule has 19 heavy (non-hydrogen) atoms. The van der Waals surface area contributed by atoms with Crippen molar-refractivity contribution < 1.29 is 17.7 Å². The maximum atomic E-state index is 13.4. The lowest BCUT2D eigenvalue weighted by Crippen LogP contribution is -2.40. The van der Waals surface area contributed by atoms with Crippen LogP contribution >= 0.6 is 0 Å². The Kier molecular flexibility index (Phi) is 3.97. The van der Waals surface area contributed by atoms with E-state index in [1.54, 1.807) is 20.8 Å². The van der Waals surface area contributed by atoms with Gasteiger partial charge < -0.3 is 0 Å². The van der Waals surface area contributed by atoms with Crippen molar-refractivity contribution in [1.29, 1.82) is 0 Å². The molecule has 0 unspecified atom stereocenters. The van der Waals surface area contributed by atoms with Gasteiger partial charge in [0.25, 0.3) is 0 Å². The molecule has 0 saturated carbocycles. The summed E-state index contributed by atoms with van der Waals surface area (Å²) in [5.74, 6) is -1.06. The highest BCUT2D eigenvalue weighted by atomic mass is 32.2. The number of nitro groups is 1. The first-order valence-electron chi connectivity index (χ1n) is 5.42. The first-order chi connectivity index (χ1) is 8.44. The summed E-state index contributed by atoms with van der Waals surface area (Å²) in [6.07, 6.45) is 0. The number of benzene rings is 1. The van der Waals surface area contributed by atoms with E-state index in [2.05, 4.69) is 4.72 Å². The molecular weight excluding hydrogens is 275 g/mol. The lowest BCUT2D eigenvalue weighted by molar-refractivity contribution is -0.387. The minimum Gasteiger partial charge on any atom is -0.258 e. The highest BCUT2D eigenvalue weighted by molar-refractivity contribution is 7.89. The Morgan fingerprint density at radius 2 is 1.84 bits per heavy atom. The van der Waals surface area contributed by atoms with Crippen LogP contribution in [0.15, 0.2) is 17.0 Å². The number of nitrogens with one attached hydrogen (secondary N) is 1. The molecule has 0 aliphatic rings. The van der Waals surface area contributed by atoms with Gasteiger partial charge in [0.05, 0.1) is 9.82 Å². The maximum Gasteiger partial charge on any atom is 0.306 e. The topological polar surface area (TPSA) is 89.3 Å². The van der Waals surface area contributed by atoms with Crippen LogP contribution in [0, 0.1) is 22.9 Å². The van der Waals surface area contributed by atoms with E-state index < -0.39 is 32.0 Å². The van der Waals surface area contributed by atoms with Crippen LogP contribution in [0.2, 0.25) is 0 Å². The first kappa shape index (κ1) is 15.5. The van der Waals surface area contributed by atoms with Gasteiger partial charge in [-0.2, -0.15) is 4.39 Å². The zero-order valence-corrected chi connectivity index (χ0v) is 11.8. The Morgan fingerprint density at radius 3 is 2.26 bits per heavy atom. The fourth-order valence-corrected chi connectivity index (χ4v) is 3.20. The van der Waals surface area contributed by atoms with Crippen LogP contribution in [0.4, 0.5) is 10.1 Å². The van der Waals surface area contributed by atoms with Crippen molar-refractivity contribution in [3.8, 4) is 0 Å². The Labute approximate surface area is 110 Å². The quantitative estimate of drug-likeness (QED) is 0.682. The number of aryl methyl sites for hydroxylation is 1. The van der Waals surface area contributed by atoms with Crippen molar-refractivity contribution in [1.82, 2.24) is 4.72 Å². The largest absolute Gasteiger partial charge is 0.306 e. The summed E-state index contributed by atoms with van der Waals surface area (Å²) in [7, 11) is -3.94. The molecule has 0 aliphatic heterocycles. The fourth-order valence-electron chi connectivity index (χ4n) is 1.53. The van der Waals surface area contributed by atoms with E-state index in [-0.39, 0.29) is 10.5 Å². The van der Waals surface area contributed by atoms with E-state index >= 15 is 0 Å². The molecule has 0 aromatic heterocycles. The zero-order valence-electron chi connectivity index (χ0n) is 11.0. The van der Waals surface area contributed by atoms with Gasteiger partial charge in [-0.3, -0.25) is 10.1 Å². The van der Waals surface area contributed by atoms with Crippen LogP contribution in [-0.4, -0.2) is 18.9 Å². The van der Waals surface area contributed by atoms with Gasteiger partial charge in [-0.15, -0.1) is 0 Å². The number of halogens is 1. The average Bonchev–Trinajstić information content (AvgIpc) is 2.11. The van der Waals surface area contributed by atoms with Gasteiger partial charge in [-0.05, 0) is 39.3 Å². The summed E-state index contributed by atoms with van der Waals surface area (Å²) in [5.41, 5.74) is -1.49. The van der Waals surface area contributed by atoms with Gasteiger partial charge in [0, 0.05) is 11.6 Å². The van der Waals surface area contributed by atoms with Crippen molar-refractivity contribution in [3.63, 3.8) is 0 Å². The Balaban J connectivity index is 3.43. The Morgan fingerprint density at radius 1 is 1.32 bits per heavy atom. The molecule has 0 fully saturated rings. The standard InChI is InChI=1S/C11H15FN2O4S/c1-7-5-8(12)9(14(15)16)6-10(7)19(17,18)13-11(2,3)4/h5-6,13H,1-4H3. The summed E-state index contributed by atoms with van der Waals surface area (Å²) >= 11 is 0. The van der Waals surface area contributed by atoms with E-state index in [0.29, 0.717) is 0 Å². The van der Waals surface area contributed by atoms with E-state index in [1.165, 1.54) is 6.92 Å². The number of sulfonamides is 1. The molecule has 1 N–H and O–H groups in total. The Hall–Kier alpha value is -1.54. The fraction of sp³-hybridized carbons (Fsp3) is 0.455. The third kappa shape index (κ3) is 3.71. The second kappa shape index (κ2) is 4.86. The molecule has 0 amide bonds. The molecule has 1 aromatic carbocycles. The summed E-state index contributed by atoms with van der Waals surface area (Å²) < 4.78 is 39.9. The first-order valence-corrected chi connectivity index (χ1v) is 6.91. The van der Waals surface area contributed by atoms with Gasteiger partial charge in [-0.25, -0.2) is 13.1 Å². The summed E-state index contributed by atoms with van der Waals surface area (Å²) in [5, 5.41) is 10.6. The molecular formula is C11H15FN2O4S. The van der Waals surface area contributed by atoms with Gasteiger partial charge >= 0.3 is 5.69 Å². The van der Waals surface area contributed by atoms with Crippen LogP contribution in [-0.2, 0) is 10.0 Å². The van der Waals surface area contributed by atoms with Gasteiger partial charge in [-0.1, -0.05) is 0 Å². The average molecular weight is 290 g/mol. The summed E-state index contributed by atoms with van der Waals surface area (Å²) in [4.78, 5) is 9.40. The van der Waals surface area contributed by atoms with Crippen LogP contribution in [0.5, 0.6) is 0 Å². The van der Waals surface area contributed by atoms with Crippen molar-refractivity contribution in [2.45, 2.75) is 38.1 Å². The van der Waals surface area contributed by atoms with Gasteiger partial charge in [0.2, 0.25) is 15.8 Å². The van der Waals surface area contributed by atoms with E-state index in [0.717, 1.165) is 12.1 Å². The van der Waals surface area contributed by atoms with E-state index in [4.69, 9.17) is 0 Å². The molecule has 0 atom stereocenters. The van der Waals surface area contributed by atoms with Crippen LogP contribution in [0.1, 0.15) is 26.3 Å². The molecule has 0 spiro atoms. The molecule has 1 aromatic rings. The lowest BCUT2D eigenvalue weighted by Gasteiger charge is -2.21. The minimum absolute atomic E-state index is 0.111. The second-order valence-corrected chi connectivity index (χ2v) is 6.83. The SMILES string of the molecule is Cc1cc(F)c([N+](=O)[O-])cc1S(=O)(=O)NC(C)(C)C. The van der Waals surface area contributed by atoms with Gasteiger partial charge in [0.1, 0.15) is 0 Å². The van der Waals surface area contributed by atoms with E-state index in [9.17, 15) is 22.9 Å². The summed E-state index contributed by atoms with van der Waals surface area (Å²) in [6.45, 7) is 6.29. The smallest absolute Gasteiger partial charge is 0.258 e. The molecule has 0 heterocycles. The number of nitrogens with zero attached hydrogens (tertiary/aromatic N) is 1. The predicted molar refractivity (Wildman–Crippen MR) is 67.9 cm³/mol. The molecule has 0 radical (unpaired) electrons. The van der Waals surface area contributed by atoms with Crippen molar-refractivity contribution in [3.05, 3.63) is 33.6 Å². The van der Waals surface area contributed by atoms with Gasteiger partial charge in [0.15, 0.2) is 0 Å². The summed E-state index contributed by atoms with van der Waals surface area (Å²) in [6, 6.07) is 1.58.